The van der Waals surface area contributed by atoms with Crippen molar-refractivity contribution in [2.24, 2.45) is 0 Å². The van der Waals surface area contributed by atoms with E-state index in [1.54, 1.807) is 37.8 Å². The molecule has 3 aromatic rings. The van der Waals surface area contributed by atoms with Gasteiger partial charge in [-0.25, -0.2) is 4.79 Å². The van der Waals surface area contributed by atoms with E-state index < -0.39 is 52.4 Å². The van der Waals surface area contributed by atoms with E-state index in [1.807, 2.05) is 69.3 Å². The summed E-state index contributed by atoms with van der Waals surface area (Å²) in [7, 11) is -1.61. The molecule has 12 nitrogen and oxygen atoms in total. The highest BCUT2D eigenvalue weighted by molar-refractivity contribution is 7.86. The molecule has 0 bridgehead atoms. The lowest BCUT2D eigenvalue weighted by atomic mass is 10.0. The van der Waals surface area contributed by atoms with Crippen molar-refractivity contribution >= 4 is 28.0 Å². The van der Waals surface area contributed by atoms with Gasteiger partial charge < -0.3 is 33.5 Å². The Labute approximate surface area is 319 Å². The van der Waals surface area contributed by atoms with Gasteiger partial charge in [0, 0.05) is 45.8 Å². The molecule has 0 aromatic heterocycles. The molecule has 0 spiro atoms. The third-order valence-electron chi connectivity index (χ3n) is 8.96. The smallest absolute Gasteiger partial charge is 0.408 e. The van der Waals surface area contributed by atoms with Crippen LogP contribution in [0.3, 0.4) is 0 Å². The second-order valence-corrected chi connectivity index (χ2v) is 16.1. The van der Waals surface area contributed by atoms with Crippen molar-refractivity contribution in [2.45, 2.75) is 103 Å². The SMILES string of the molecule is COC(CN(Cc1ccccc1)C(=O)[C@@H](C/C(=C/C(=O)N(Cc1cccc(C)c1C)C1CC1)OS(=O)(=O)c1ccc(C)cc1)NC(=O)OC(C)(C)C)OC. The molecule has 1 saturated carbocycles. The monoisotopic (exact) mass is 763 g/mol. The Kier molecular flexibility index (Phi) is 14.4. The number of hydrogen-bond acceptors (Lipinski definition) is 9. The highest BCUT2D eigenvalue weighted by Crippen LogP contribution is 2.31. The maximum atomic E-state index is 14.6. The molecular formula is C41H53N3O9S. The van der Waals surface area contributed by atoms with E-state index in [0.29, 0.717) is 6.54 Å². The number of aryl methyl sites for hydroxylation is 2. The maximum absolute atomic E-state index is 14.6. The first kappa shape index (κ1) is 42.0. The van der Waals surface area contributed by atoms with Crippen LogP contribution in [0.25, 0.3) is 0 Å². The van der Waals surface area contributed by atoms with Crippen molar-refractivity contribution in [2.75, 3.05) is 20.8 Å². The molecule has 3 aromatic carbocycles. The van der Waals surface area contributed by atoms with Crippen LogP contribution in [0.15, 0.2) is 89.5 Å². The molecule has 1 aliphatic carbocycles. The minimum absolute atomic E-state index is 0.0426. The molecule has 54 heavy (non-hydrogen) atoms. The van der Waals surface area contributed by atoms with Gasteiger partial charge in [0.25, 0.3) is 5.91 Å². The number of ether oxygens (including phenoxy) is 3. The van der Waals surface area contributed by atoms with Gasteiger partial charge in [-0.3, -0.25) is 9.59 Å². The van der Waals surface area contributed by atoms with Gasteiger partial charge >= 0.3 is 16.2 Å². The molecule has 0 radical (unpaired) electrons. The number of carbonyl (C=O) groups excluding carboxylic acids is 3. The topological polar surface area (TPSA) is 141 Å². The second kappa shape index (κ2) is 18.5. The number of methoxy groups -OCH3 is 2. The fourth-order valence-electron chi connectivity index (χ4n) is 5.70. The van der Waals surface area contributed by atoms with Gasteiger partial charge in [0.2, 0.25) is 5.91 Å². The average molecular weight is 764 g/mol. The lowest BCUT2D eigenvalue weighted by Gasteiger charge is -2.31. The number of nitrogens with zero attached hydrogens (tertiary/aromatic N) is 2. The van der Waals surface area contributed by atoms with Crippen LogP contribution in [0.5, 0.6) is 0 Å². The Morgan fingerprint density at radius 1 is 0.889 bits per heavy atom. The number of rotatable bonds is 17. The van der Waals surface area contributed by atoms with E-state index >= 15 is 0 Å². The summed E-state index contributed by atoms with van der Waals surface area (Å²) in [6, 6.07) is 19.7. The normalized spacial score (nSPS) is 14.0. The lowest BCUT2D eigenvalue weighted by molar-refractivity contribution is -0.148. The summed E-state index contributed by atoms with van der Waals surface area (Å²) in [5, 5.41) is 2.63. The van der Waals surface area contributed by atoms with Crippen LogP contribution >= 0.6 is 0 Å². The molecule has 1 N–H and O–H groups in total. The third kappa shape index (κ3) is 12.4. The van der Waals surface area contributed by atoms with E-state index in [-0.39, 0.29) is 29.8 Å². The zero-order chi connectivity index (χ0) is 39.6. The summed E-state index contributed by atoms with van der Waals surface area (Å²) in [4.78, 5) is 45.1. The van der Waals surface area contributed by atoms with Crippen LogP contribution in [0.4, 0.5) is 4.79 Å². The van der Waals surface area contributed by atoms with Crippen LogP contribution < -0.4 is 5.32 Å². The van der Waals surface area contributed by atoms with Gasteiger partial charge in [0.15, 0.2) is 6.29 Å². The number of carbonyl (C=O) groups is 3. The van der Waals surface area contributed by atoms with Gasteiger partial charge in [0.1, 0.15) is 22.3 Å². The van der Waals surface area contributed by atoms with Crippen molar-refractivity contribution in [1.29, 1.82) is 0 Å². The van der Waals surface area contributed by atoms with Crippen molar-refractivity contribution < 1.29 is 41.2 Å². The molecule has 0 aliphatic heterocycles. The molecule has 292 valence electrons. The first-order valence-electron chi connectivity index (χ1n) is 17.9. The minimum atomic E-state index is -4.50. The first-order chi connectivity index (χ1) is 25.5. The van der Waals surface area contributed by atoms with E-state index in [4.69, 9.17) is 18.4 Å². The lowest BCUT2D eigenvalue weighted by Crippen LogP contribution is -2.51. The van der Waals surface area contributed by atoms with Crippen LogP contribution in [0, 0.1) is 20.8 Å². The molecule has 1 aliphatic rings. The molecule has 13 heteroatoms. The summed E-state index contributed by atoms with van der Waals surface area (Å²) in [5.74, 6) is -1.44. The number of alkyl carbamates (subject to hydrolysis) is 1. The Hall–Kier alpha value is -4.72. The summed E-state index contributed by atoms with van der Waals surface area (Å²) < 4.78 is 49.6. The largest absolute Gasteiger partial charge is 0.444 e. The van der Waals surface area contributed by atoms with E-state index in [1.165, 1.54) is 31.3 Å². The molecule has 1 fully saturated rings. The number of benzene rings is 3. The average Bonchev–Trinajstić information content (AvgIpc) is 3.95. The Morgan fingerprint density at radius 2 is 1.54 bits per heavy atom. The number of hydrogen-bond donors (Lipinski definition) is 1. The molecule has 1 atom stereocenters. The fourth-order valence-corrected chi connectivity index (χ4v) is 6.67. The predicted octanol–water partition coefficient (Wildman–Crippen LogP) is 6.32. The van der Waals surface area contributed by atoms with Gasteiger partial charge in [-0.15, -0.1) is 0 Å². The molecule has 4 rings (SSSR count). The summed E-state index contributed by atoms with van der Waals surface area (Å²) in [5.41, 5.74) is 3.79. The van der Waals surface area contributed by atoms with E-state index in [9.17, 15) is 22.8 Å². The molecule has 3 amide bonds. The Morgan fingerprint density at radius 3 is 2.13 bits per heavy atom. The predicted molar refractivity (Wildman–Crippen MR) is 204 cm³/mol. The molecule has 0 saturated heterocycles. The Balaban J connectivity index is 1.78. The highest BCUT2D eigenvalue weighted by Gasteiger charge is 2.35. The van der Waals surface area contributed by atoms with Crippen molar-refractivity contribution in [3.63, 3.8) is 0 Å². The second-order valence-electron chi connectivity index (χ2n) is 14.5. The third-order valence-corrected chi connectivity index (χ3v) is 10.2. The van der Waals surface area contributed by atoms with Crippen molar-refractivity contribution in [3.8, 4) is 0 Å². The zero-order valence-corrected chi connectivity index (χ0v) is 33.3. The quantitative estimate of drug-likeness (QED) is 0.0724. The van der Waals surface area contributed by atoms with Gasteiger partial charge in [-0.2, -0.15) is 8.42 Å². The molecule has 0 unspecified atom stereocenters. The van der Waals surface area contributed by atoms with E-state index in [2.05, 4.69) is 5.32 Å². The van der Waals surface area contributed by atoms with Crippen LogP contribution in [-0.2, 0) is 51.2 Å². The van der Waals surface area contributed by atoms with Crippen molar-refractivity contribution in [3.05, 3.63) is 112 Å². The fraction of sp³-hybridized carbons (Fsp3) is 0.439. The summed E-state index contributed by atoms with van der Waals surface area (Å²) >= 11 is 0. The molecule has 0 heterocycles. The van der Waals surface area contributed by atoms with Crippen LogP contribution in [-0.4, -0.2) is 80.9 Å². The van der Waals surface area contributed by atoms with Gasteiger partial charge in [0.05, 0.1) is 6.54 Å². The van der Waals surface area contributed by atoms with E-state index in [0.717, 1.165) is 46.7 Å². The van der Waals surface area contributed by atoms with Gasteiger partial charge in [-0.05, 0) is 88.8 Å². The maximum Gasteiger partial charge on any atom is 0.408 e. The highest BCUT2D eigenvalue weighted by atomic mass is 32.2. The van der Waals surface area contributed by atoms with Crippen LogP contribution in [0.2, 0.25) is 0 Å². The zero-order valence-electron chi connectivity index (χ0n) is 32.5. The molecular weight excluding hydrogens is 711 g/mol. The number of amides is 3. The first-order valence-corrected chi connectivity index (χ1v) is 19.4. The van der Waals surface area contributed by atoms with Gasteiger partial charge in [-0.1, -0.05) is 66.2 Å². The van der Waals surface area contributed by atoms with Crippen molar-refractivity contribution in [1.82, 2.24) is 15.1 Å². The van der Waals surface area contributed by atoms with Crippen LogP contribution in [0.1, 0.15) is 67.9 Å². The number of nitrogens with one attached hydrogen (secondary N) is 1. The minimum Gasteiger partial charge on any atom is -0.444 e. The standard InChI is InChI=1S/C41H53N3O9S/c1-28-17-21-35(22-18-28)54(48,49)53-34(24-37(45)44(33-19-20-33)26-32-16-12-13-29(2)30(32)3)23-36(42-40(47)52-41(4,5)6)39(46)43(27-38(50-7)51-8)25-31-14-10-9-11-15-31/h9-18,21-22,24,33,36,38H,19-20,23,25-27H2,1-8H3,(H,42,47)/b34-24-/t36-/m1/s1. The summed E-state index contributed by atoms with van der Waals surface area (Å²) in [6.07, 6.45) is 0.438. The summed E-state index contributed by atoms with van der Waals surface area (Å²) in [6.45, 7) is 11.2. The Bertz CT molecular complexity index is 1880.